The second kappa shape index (κ2) is 4.06. The summed E-state index contributed by atoms with van der Waals surface area (Å²) in [5, 5.41) is 17.8. The summed E-state index contributed by atoms with van der Waals surface area (Å²) in [6.45, 7) is 1.42. The van der Waals surface area contributed by atoms with Crippen molar-refractivity contribution in [3.8, 4) is 0 Å². The van der Waals surface area contributed by atoms with Gasteiger partial charge in [-0.1, -0.05) is 15.9 Å². The zero-order valence-corrected chi connectivity index (χ0v) is 8.88. The monoisotopic (exact) mass is 262 g/mol. The molecule has 1 aromatic carbocycles. The number of halogens is 2. The van der Waals surface area contributed by atoms with Gasteiger partial charge in [0, 0.05) is 4.47 Å². The largest absolute Gasteiger partial charge is 0.479 e. The molecule has 0 heterocycles. The van der Waals surface area contributed by atoms with Gasteiger partial charge in [0.2, 0.25) is 0 Å². The van der Waals surface area contributed by atoms with Crippen LogP contribution in [0.25, 0.3) is 0 Å². The Labute approximate surface area is 88.3 Å². The minimum Gasteiger partial charge on any atom is -0.479 e. The van der Waals surface area contributed by atoms with Crippen molar-refractivity contribution in [3.05, 3.63) is 33.5 Å². The predicted molar refractivity (Wildman–Crippen MR) is 51.4 cm³/mol. The van der Waals surface area contributed by atoms with Crippen LogP contribution in [0.15, 0.2) is 16.6 Å². The number of carboxylic acid groups (broad SMARTS) is 1. The molecular weight excluding hydrogens is 255 g/mol. The van der Waals surface area contributed by atoms with Crippen LogP contribution in [0.1, 0.15) is 17.2 Å². The van der Waals surface area contributed by atoms with Crippen molar-refractivity contribution in [2.75, 3.05) is 0 Å². The van der Waals surface area contributed by atoms with Crippen molar-refractivity contribution in [1.29, 1.82) is 0 Å². The lowest BCUT2D eigenvalue weighted by Crippen LogP contribution is -2.12. The summed E-state index contributed by atoms with van der Waals surface area (Å²) in [4.78, 5) is 10.5. The first kappa shape index (κ1) is 11.1. The van der Waals surface area contributed by atoms with Gasteiger partial charge in [0.05, 0.1) is 0 Å². The first-order chi connectivity index (χ1) is 6.43. The number of aliphatic carboxylic acids is 1. The number of carboxylic acids is 1. The van der Waals surface area contributed by atoms with E-state index in [1.807, 2.05) is 0 Å². The highest BCUT2D eigenvalue weighted by Crippen LogP contribution is 2.25. The molecule has 0 spiro atoms. The third kappa shape index (κ3) is 2.10. The number of benzene rings is 1. The van der Waals surface area contributed by atoms with Crippen molar-refractivity contribution in [1.82, 2.24) is 0 Å². The first-order valence-corrected chi connectivity index (χ1v) is 4.59. The molecule has 0 bridgehead atoms. The lowest BCUT2D eigenvalue weighted by atomic mass is 10.0. The number of hydrogen-bond donors (Lipinski definition) is 2. The van der Waals surface area contributed by atoms with Crippen LogP contribution in [0.4, 0.5) is 4.39 Å². The van der Waals surface area contributed by atoms with Gasteiger partial charge in [-0.15, -0.1) is 0 Å². The van der Waals surface area contributed by atoms with E-state index in [2.05, 4.69) is 15.9 Å². The Morgan fingerprint density at radius 3 is 2.64 bits per heavy atom. The molecule has 1 atom stereocenters. The van der Waals surface area contributed by atoms with Crippen molar-refractivity contribution >= 4 is 21.9 Å². The SMILES string of the molecule is Cc1c(F)cc(Br)cc1C(O)C(=O)O. The van der Waals surface area contributed by atoms with Gasteiger partial charge in [0.15, 0.2) is 6.10 Å². The summed E-state index contributed by atoms with van der Waals surface area (Å²) in [6.07, 6.45) is -1.69. The zero-order chi connectivity index (χ0) is 10.9. The minimum absolute atomic E-state index is 0.0596. The molecule has 0 amide bonds. The lowest BCUT2D eigenvalue weighted by molar-refractivity contribution is -0.147. The molecule has 76 valence electrons. The molecular formula is C9H8BrFO3. The van der Waals surface area contributed by atoms with Crippen LogP contribution in [-0.4, -0.2) is 16.2 Å². The Kier molecular flexibility index (Phi) is 3.23. The third-order valence-corrected chi connectivity index (χ3v) is 2.34. The van der Waals surface area contributed by atoms with E-state index >= 15 is 0 Å². The zero-order valence-electron chi connectivity index (χ0n) is 7.29. The number of hydrogen-bond acceptors (Lipinski definition) is 2. The first-order valence-electron chi connectivity index (χ1n) is 3.80. The average molecular weight is 263 g/mol. The quantitative estimate of drug-likeness (QED) is 0.858. The molecule has 0 saturated heterocycles. The van der Waals surface area contributed by atoms with Gasteiger partial charge in [0.25, 0.3) is 0 Å². The molecule has 0 aliphatic heterocycles. The second-order valence-electron chi connectivity index (χ2n) is 2.84. The maximum atomic E-state index is 13.1. The van der Waals surface area contributed by atoms with Crippen LogP contribution >= 0.6 is 15.9 Å². The van der Waals surface area contributed by atoms with E-state index < -0.39 is 17.9 Å². The topological polar surface area (TPSA) is 57.5 Å². The Bertz CT molecular complexity index is 379. The maximum Gasteiger partial charge on any atom is 0.337 e. The fourth-order valence-corrected chi connectivity index (χ4v) is 1.53. The van der Waals surface area contributed by atoms with Crippen LogP contribution in [0, 0.1) is 12.7 Å². The molecule has 0 aliphatic rings. The van der Waals surface area contributed by atoms with Crippen molar-refractivity contribution in [2.24, 2.45) is 0 Å². The average Bonchev–Trinajstić information content (AvgIpc) is 2.09. The number of aliphatic hydroxyl groups is 1. The van der Waals surface area contributed by atoms with Gasteiger partial charge in [-0.2, -0.15) is 0 Å². The van der Waals surface area contributed by atoms with Crippen LogP contribution in [-0.2, 0) is 4.79 Å². The normalized spacial score (nSPS) is 12.6. The molecule has 0 saturated carbocycles. The molecule has 14 heavy (non-hydrogen) atoms. The molecule has 0 aromatic heterocycles. The molecule has 0 fully saturated rings. The highest BCUT2D eigenvalue weighted by Gasteiger charge is 2.20. The van der Waals surface area contributed by atoms with Gasteiger partial charge in [-0.25, -0.2) is 9.18 Å². The van der Waals surface area contributed by atoms with Crippen molar-refractivity contribution in [2.45, 2.75) is 13.0 Å². The summed E-state index contributed by atoms with van der Waals surface area (Å²) in [5.41, 5.74) is 0.201. The van der Waals surface area contributed by atoms with E-state index in [9.17, 15) is 14.3 Å². The Morgan fingerprint density at radius 2 is 2.14 bits per heavy atom. The fraction of sp³-hybridized carbons (Fsp3) is 0.222. The molecule has 0 radical (unpaired) electrons. The molecule has 1 unspecified atom stereocenters. The Balaban J connectivity index is 3.26. The Hall–Kier alpha value is -0.940. The standard InChI is InChI=1S/C9H8BrFO3/c1-4-6(8(12)9(13)14)2-5(10)3-7(4)11/h2-3,8,12H,1H3,(H,13,14). The van der Waals surface area contributed by atoms with Gasteiger partial charge in [-0.05, 0) is 30.2 Å². The van der Waals surface area contributed by atoms with E-state index in [4.69, 9.17) is 5.11 Å². The maximum absolute atomic E-state index is 13.1. The van der Waals surface area contributed by atoms with Crippen LogP contribution in [0.2, 0.25) is 0 Å². The lowest BCUT2D eigenvalue weighted by Gasteiger charge is -2.10. The van der Waals surface area contributed by atoms with Gasteiger partial charge < -0.3 is 10.2 Å². The third-order valence-electron chi connectivity index (χ3n) is 1.88. The summed E-state index contributed by atoms with van der Waals surface area (Å²) >= 11 is 3.02. The highest BCUT2D eigenvalue weighted by atomic mass is 79.9. The molecule has 3 nitrogen and oxygen atoms in total. The second-order valence-corrected chi connectivity index (χ2v) is 3.76. The van der Waals surface area contributed by atoms with E-state index in [1.165, 1.54) is 19.1 Å². The van der Waals surface area contributed by atoms with E-state index in [1.54, 1.807) is 0 Å². The minimum atomic E-state index is -1.69. The number of aliphatic hydroxyl groups excluding tert-OH is 1. The number of carbonyl (C=O) groups is 1. The van der Waals surface area contributed by atoms with Crippen LogP contribution < -0.4 is 0 Å². The predicted octanol–water partition coefficient (Wildman–Crippen LogP) is 2.01. The van der Waals surface area contributed by atoms with Gasteiger partial charge in [0.1, 0.15) is 5.82 Å². The number of rotatable bonds is 2. The summed E-state index contributed by atoms with van der Waals surface area (Å²) in [5.74, 6) is -1.94. The van der Waals surface area contributed by atoms with E-state index in [0.717, 1.165) is 0 Å². The summed E-state index contributed by atoms with van der Waals surface area (Å²) < 4.78 is 13.5. The molecule has 5 heteroatoms. The highest BCUT2D eigenvalue weighted by molar-refractivity contribution is 9.10. The Morgan fingerprint density at radius 1 is 1.57 bits per heavy atom. The molecule has 1 aromatic rings. The van der Waals surface area contributed by atoms with Gasteiger partial charge >= 0.3 is 5.97 Å². The molecule has 2 N–H and O–H groups in total. The summed E-state index contributed by atoms with van der Waals surface area (Å²) in [6, 6.07) is 2.60. The van der Waals surface area contributed by atoms with Gasteiger partial charge in [-0.3, -0.25) is 0 Å². The smallest absolute Gasteiger partial charge is 0.337 e. The van der Waals surface area contributed by atoms with Crippen molar-refractivity contribution < 1.29 is 19.4 Å². The van der Waals surface area contributed by atoms with E-state index in [-0.39, 0.29) is 11.1 Å². The fourth-order valence-electron chi connectivity index (χ4n) is 1.08. The van der Waals surface area contributed by atoms with E-state index in [0.29, 0.717) is 4.47 Å². The summed E-state index contributed by atoms with van der Waals surface area (Å²) in [7, 11) is 0. The van der Waals surface area contributed by atoms with Crippen molar-refractivity contribution in [3.63, 3.8) is 0 Å². The molecule has 0 aliphatic carbocycles. The van der Waals surface area contributed by atoms with Crippen LogP contribution in [0.5, 0.6) is 0 Å². The van der Waals surface area contributed by atoms with Crippen LogP contribution in [0.3, 0.4) is 0 Å². The molecule has 1 rings (SSSR count).